The predicted octanol–water partition coefficient (Wildman–Crippen LogP) is 6.82. The lowest BCUT2D eigenvalue weighted by Gasteiger charge is -2.19. The minimum Gasteiger partial charge on any atom is -0.255 e. The van der Waals surface area contributed by atoms with Crippen LogP contribution in [0.15, 0.2) is 72.9 Å². The summed E-state index contributed by atoms with van der Waals surface area (Å²) in [5.74, 6) is -1.82. The van der Waals surface area contributed by atoms with Crippen molar-refractivity contribution in [2.24, 2.45) is 0 Å². The third-order valence-corrected chi connectivity index (χ3v) is 5.57. The summed E-state index contributed by atoms with van der Waals surface area (Å²) in [5, 5.41) is 6.19. The molecule has 0 saturated carbocycles. The van der Waals surface area contributed by atoms with Crippen LogP contribution in [0, 0.1) is 11.6 Å². The van der Waals surface area contributed by atoms with E-state index in [1.165, 1.54) is 11.6 Å². The first-order valence-electron chi connectivity index (χ1n) is 10.2. The maximum Gasteiger partial charge on any atom is 0.161 e. The molecule has 5 aromatic rings. The monoisotopic (exact) mass is 413 g/mol. The number of halogens is 2. The number of pyridine rings is 1. The van der Waals surface area contributed by atoms with Gasteiger partial charge in [-0.1, -0.05) is 63.2 Å². The van der Waals surface area contributed by atoms with Crippen molar-refractivity contribution >= 4 is 21.8 Å². The highest BCUT2D eigenvalue weighted by molar-refractivity contribution is 6.08. The summed E-state index contributed by atoms with van der Waals surface area (Å²) >= 11 is 0. The van der Waals surface area contributed by atoms with Crippen molar-refractivity contribution in [2.45, 2.75) is 26.2 Å². The van der Waals surface area contributed by atoms with Gasteiger partial charge in [0.05, 0.1) is 16.7 Å². The molecule has 2 aromatic heterocycles. The van der Waals surface area contributed by atoms with Crippen LogP contribution in [0.1, 0.15) is 26.3 Å². The van der Waals surface area contributed by atoms with Crippen LogP contribution in [-0.2, 0) is 5.41 Å². The van der Waals surface area contributed by atoms with Crippen molar-refractivity contribution in [3.05, 3.63) is 90.1 Å². The Bertz CT molecular complexity index is 1410. The second kappa shape index (κ2) is 6.98. The number of aromatic nitrogens is 3. The predicted molar refractivity (Wildman–Crippen MR) is 120 cm³/mol. The quantitative estimate of drug-likeness (QED) is 0.318. The van der Waals surface area contributed by atoms with Gasteiger partial charge in [0.1, 0.15) is 5.69 Å². The van der Waals surface area contributed by atoms with Gasteiger partial charge in [-0.25, -0.2) is 13.5 Å². The van der Waals surface area contributed by atoms with E-state index in [2.05, 4.69) is 37.9 Å². The fourth-order valence-corrected chi connectivity index (χ4v) is 3.88. The van der Waals surface area contributed by atoms with Gasteiger partial charge in [0.15, 0.2) is 11.6 Å². The summed E-state index contributed by atoms with van der Waals surface area (Å²) in [4.78, 5) is 4.39. The van der Waals surface area contributed by atoms with Crippen LogP contribution in [0.25, 0.3) is 38.8 Å². The Morgan fingerprint density at radius 2 is 1.48 bits per heavy atom. The Balaban J connectivity index is 1.84. The first-order chi connectivity index (χ1) is 14.8. The second-order valence-corrected chi connectivity index (χ2v) is 8.73. The van der Waals surface area contributed by atoms with E-state index in [4.69, 9.17) is 5.10 Å². The van der Waals surface area contributed by atoms with Gasteiger partial charge in [0.25, 0.3) is 0 Å². The average Bonchev–Trinajstić information content (AvgIpc) is 3.15. The van der Waals surface area contributed by atoms with Gasteiger partial charge in [-0.05, 0) is 29.2 Å². The molecule has 31 heavy (non-hydrogen) atoms. The van der Waals surface area contributed by atoms with Crippen LogP contribution in [0.2, 0.25) is 0 Å². The third kappa shape index (κ3) is 3.26. The van der Waals surface area contributed by atoms with Gasteiger partial charge in [0, 0.05) is 28.6 Å². The molecule has 0 N–H and O–H groups in total. The van der Waals surface area contributed by atoms with Crippen LogP contribution in [-0.4, -0.2) is 14.8 Å². The number of nitrogens with zero attached hydrogens (tertiary/aromatic N) is 3. The fourth-order valence-electron chi connectivity index (χ4n) is 3.88. The maximum atomic E-state index is 14.2. The molecule has 5 rings (SSSR count). The van der Waals surface area contributed by atoms with Gasteiger partial charge in [-0.3, -0.25) is 4.98 Å². The van der Waals surface area contributed by atoms with Crippen molar-refractivity contribution in [1.29, 1.82) is 0 Å². The minimum absolute atomic E-state index is 0.0250. The summed E-state index contributed by atoms with van der Waals surface area (Å²) in [7, 11) is 0. The number of benzene rings is 3. The summed E-state index contributed by atoms with van der Waals surface area (Å²) < 4.78 is 29.9. The highest BCUT2D eigenvalue weighted by Crippen LogP contribution is 2.34. The Labute approximate surface area is 179 Å². The molecule has 0 amide bonds. The SMILES string of the molecule is CC(C)(C)c1ccc(-n2nc(-c3ccccc3)c3cnc4cc(F)c(F)cc4c32)cc1. The van der Waals surface area contributed by atoms with Crippen LogP contribution < -0.4 is 0 Å². The van der Waals surface area contributed by atoms with Crippen molar-refractivity contribution in [3.63, 3.8) is 0 Å². The van der Waals surface area contributed by atoms with Crippen molar-refractivity contribution in [3.8, 4) is 16.9 Å². The van der Waals surface area contributed by atoms with Gasteiger partial charge in [0.2, 0.25) is 0 Å². The molecule has 0 unspecified atom stereocenters. The Hall–Kier alpha value is -3.60. The van der Waals surface area contributed by atoms with E-state index in [1.54, 1.807) is 10.9 Å². The van der Waals surface area contributed by atoms with Crippen LogP contribution in [0.4, 0.5) is 8.78 Å². The lowest BCUT2D eigenvalue weighted by Crippen LogP contribution is -2.11. The van der Waals surface area contributed by atoms with Crippen molar-refractivity contribution in [1.82, 2.24) is 14.8 Å². The standard InChI is InChI=1S/C26H21F2N3/c1-26(2,3)17-9-11-18(12-10-17)31-25-19-13-21(27)22(28)14-23(19)29-15-20(25)24(30-31)16-7-5-4-6-8-16/h4-15H,1-3H3. The van der Waals surface area contributed by atoms with Gasteiger partial charge in [-0.15, -0.1) is 0 Å². The number of rotatable bonds is 2. The van der Waals surface area contributed by atoms with Crippen molar-refractivity contribution in [2.75, 3.05) is 0 Å². The molecule has 0 spiro atoms. The molecule has 5 heteroatoms. The smallest absolute Gasteiger partial charge is 0.161 e. The summed E-state index contributed by atoms with van der Waals surface area (Å²) in [6.45, 7) is 6.49. The normalized spacial score (nSPS) is 12.0. The molecule has 0 aliphatic carbocycles. The molecule has 0 aliphatic rings. The zero-order valence-corrected chi connectivity index (χ0v) is 17.5. The topological polar surface area (TPSA) is 30.7 Å². The highest BCUT2D eigenvalue weighted by atomic mass is 19.2. The second-order valence-electron chi connectivity index (χ2n) is 8.73. The Kier molecular flexibility index (Phi) is 4.36. The zero-order chi connectivity index (χ0) is 21.8. The van der Waals surface area contributed by atoms with E-state index in [1.807, 2.05) is 42.5 Å². The molecule has 2 heterocycles. The summed E-state index contributed by atoms with van der Waals surface area (Å²) in [6.07, 6.45) is 1.68. The van der Waals surface area contributed by atoms with Crippen molar-refractivity contribution < 1.29 is 8.78 Å². The third-order valence-electron chi connectivity index (χ3n) is 5.57. The molecule has 0 saturated heterocycles. The lowest BCUT2D eigenvalue weighted by atomic mass is 9.87. The molecule has 0 radical (unpaired) electrons. The van der Waals surface area contributed by atoms with Gasteiger partial charge >= 0.3 is 0 Å². The average molecular weight is 413 g/mol. The maximum absolute atomic E-state index is 14.2. The van der Waals surface area contributed by atoms with Crippen LogP contribution in [0.3, 0.4) is 0 Å². The molecule has 0 atom stereocenters. The Morgan fingerprint density at radius 3 is 2.16 bits per heavy atom. The first-order valence-corrected chi connectivity index (χ1v) is 10.2. The number of hydrogen-bond donors (Lipinski definition) is 0. The van der Waals surface area contributed by atoms with Gasteiger partial charge < -0.3 is 0 Å². The van der Waals surface area contributed by atoms with E-state index >= 15 is 0 Å². The number of fused-ring (bicyclic) bond motifs is 3. The number of hydrogen-bond acceptors (Lipinski definition) is 2. The summed E-state index contributed by atoms with van der Waals surface area (Å²) in [6, 6.07) is 20.3. The molecular weight excluding hydrogens is 392 g/mol. The first kappa shape index (κ1) is 19.4. The van der Waals surface area contributed by atoms with E-state index in [9.17, 15) is 8.78 Å². The molecular formula is C26H21F2N3. The molecule has 154 valence electrons. The van der Waals surface area contributed by atoms with E-state index in [0.29, 0.717) is 16.4 Å². The van der Waals surface area contributed by atoms with E-state index in [-0.39, 0.29) is 5.41 Å². The van der Waals surface area contributed by atoms with Crippen LogP contribution in [0.5, 0.6) is 0 Å². The van der Waals surface area contributed by atoms with E-state index < -0.39 is 11.6 Å². The van der Waals surface area contributed by atoms with Crippen LogP contribution >= 0.6 is 0 Å². The summed E-state index contributed by atoms with van der Waals surface area (Å²) in [5.41, 5.74) is 4.84. The highest BCUT2D eigenvalue weighted by Gasteiger charge is 2.19. The molecule has 0 aliphatic heterocycles. The minimum atomic E-state index is -0.914. The lowest BCUT2D eigenvalue weighted by molar-refractivity contribution is 0.511. The van der Waals surface area contributed by atoms with E-state index in [0.717, 1.165) is 28.4 Å². The van der Waals surface area contributed by atoms with Gasteiger partial charge in [-0.2, -0.15) is 5.10 Å². The molecule has 0 fully saturated rings. The Morgan fingerprint density at radius 1 is 0.806 bits per heavy atom. The largest absolute Gasteiger partial charge is 0.255 e. The zero-order valence-electron chi connectivity index (χ0n) is 17.5. The molecule has 3 aromatic carbocycles. The molecule has 0 bridgehead atoms. The fraction of sp³-hybridized carbons (Fsp3) is 0.154. The molecule has 3 nitrogen and oxygen atoms in total.